The third-order valence-corrected chi connectivity index (χ3v) is 2.44. The molecule has 0 bridgehead atoms. The fourth-order valence-electron chi connectivity index (χ4n) is 1.67. The van der Waals surface area contributed by atoms with E-state index in [-0.39, 0.29) is 11.7 Å². The quantitative estimate of drug-likeness (QED) is 0.850. The summed E-state index contributed by atoms with van der Waals surface area (Å²) in [7, 11) is 0. The van der Waals surface area contributed by atoms with Gasteiger partial charge in [-0.05, 0) is 0 Å². The van der Waals surface area contributed by atoms with E-state index in [1.165, 1.54) is 0 Å². The molecule has 0 aliphatic carbocycles. The van der Waals surface area contributed by atoms with Crippen LogP contribution in [0.4, 0.5) is 13.2 Å². The van der Waals surface area contributed by atoms with E-state index in [1.807, 2.05) is 0 Å². The molecule has 1 saturated heterocycles. The molecule has 17 heavy (non-hydrogen) atoms. The second kappa shape index (κ2) is 5.01. The molecule has 0 radical (unpaired) electrons. The maximum Gasteiger partial charge on any atom is 0.396 e. The van der Waals surface area contributed by atoms with Crippen molar-refractivity contribution in [1.29, 1.82) is 0 Å². The normalized spacial score (nSPS) is 18.5. The third-order valence-electron chi connectivity index (χ3n) is 2.44. The molecule has 0 saturated carbocycles. The van der Waals surface area contributed by atoms with E-state index in [9.17, 15) is 13.2 Å². The van der Waals surface area contributed by atoms with Crippen LogP contribution in [0, 0.1) is 0 Å². The summed E-state index contributed by atoms with van der Waals surface area (Å²) in [5.74, 6) is -0.0613. The van der Waals surface area contributed by atoms with Gasteiger partial charge in [-0.25, -0.2) is 0 Å². The topological polar surface area (TPSA) is 54.2 Å². The number of alkyl halides is 3. The van der Waals surface area contributed by atoms with Crippen LogP contribution in [0.1, 0.15) is 11.7 Å². The SMILES string of the molecule is FC(F)(F)Cc1noc(CN2CCNCC2)n1. The minimum Gasteiger partial charge on any atom is -0.338 e. The molecule has 0 atom stereocenters. The predicted octanol–water partition coefficient (Wildman–Crippen LogP) is 0.580. The molecule has 8 heteroatoms. The van der Waals surface area contributed by atoms with Crippen LogP contribution in [0.5, 0.6) is 0 Å². The largest absolute Gasteiger partial charge is 0.396 e. The van der Waals surface area contributed by atoms with Gasteiger partial charge in [0.15, 0.2) is 5.82 Å². The van der Waals surface area contributed by atoms with Gasteiger partial charge < -0.3 is 9.84 Å². The smallest absolute Gasteiger partial charge is 0.338 e. The van der Waals surface area contributed by atoms with Crippen molar-refractivity contribution in [3.05, 3.63) is 11.7 Å². The van der Waals surface area contributed by atoms with Crippen LogP contribution >= 0.6 is 0 Å². The van der Waals surface area contributed by atoms with Crippen molar-refractivity contribution in [3.63, 3.8) is 0 Å². The Morgan fingerprint density at radius 1 is 1.29 bits per heavy atom. The van der Waals surface area contributed by atoms with Crippen molar-refractivity contribution < 1.29 is 17.7 Å². The molecule has 2 rings (SSSR count). The highest BCUT2D eigenvalue weighted by Crippen LogP contribution is 2.19. The van der Waals surface area contributed by atoms with E-state index >= 15 is 0 Å². The number of hydrogen-bond donors (Lipinski definition) is 1. The van der Waals surface area contributed by atoms with Gasteiger partial charge in [0.05, 0.1) is 6.54 Å². The third kappa shape index (κ3) is 3.97. The molecule has 1 fully saturated rings. The van der Waals surface area contributed by atoms with E-state index in [0.717, 1.165) is 26.2 Å². The van der Waals surface area contributed by atoms with Crippen LogP contribution in [0.3, 0.4) is 0 Å². The van der Waals surface area contributed by atoms with Crippen molar-refractivity contribution in [3.8, 4) is 0 Å². The van der Waals surface area contributed by atoms with Gasteiger partial charge in [-0.2, -0.15) is 18.2 Å². The lowest BCUT2D eigenvalue weighted by atomic mass is 10.3. The van der Waals surface area contributed by atoms with Gasteiger partial charge in [0.1, 0.15) is 6.42 Å². The molecule has 1 aliphatic heterocycles. The first-order valence-electron chi connectivity index (χ1n) is 5.34. The van der Waals surface area contributed by atoms with Gasteiger partial charge in [-0.3, -0.25) is 4.90 Å². The Balaban J connectivity index is 1.89. The number of rotatable bonds is 3. The minimum absolute atomic E-state index is 0.242. The zero-order valence-electron chi connectivity index (χ0n) is 9.13. The molecule has 2 heterocycles. The van der Waals surface area contributed by atoms with Crippen LogP contribution < -0.4 is 5.32 Å². The lowest BCUT2D eigenvalue weighted by molar-refractivity contribution is -0.128. The Labute approximate surface area is 96.0 Å². The molecular weight excluding hydrogens is 237 g/mol. The van der Waals surface area contributed by atoms with Crippen molar-refractivity contribution in [1.82, 2.24) is 20.4 Å². The number of nitrogens with one attached hydrogen (secondary N) is 1. The molecule has 96 valence electrons. The molecule has 0 amide bonds. The second-order valence-electron chi connectivity index (χ2n) is 3.92. The monoisotopic (exact) mass is 250 g/mol. The fraction of sp³-hybridized carbons (Fsp3) is 0.778. The number of aromatic nitrogens is 2. The zero-order chi connectivity index (χ0) is 12.3. The van der Waals surface area contributed by atoms with Gasteiger partial charge in [-0.15, -0.1) is 0 Å². The summed E-state index contributed by atoms with van der Waals surface area (Å²) in [5, 5.41) is 6.50. The molecule has 1 N–H and O–H groups in total. The maximum atomic E-state index is 12.1. The van der Waals surface area contributed by atoms with Gasteiger partial charge in [0.25, 0.3) is 0 Å². The van der Waals surface area contributed by atoms with Crippen molar-refractivity contribution in [2.75, 3.05) is 26.2 Å². The average molecular weight is 250 g/mol. The molecule has 0 unspecified atom stereocenters. The summed E-state index contributed by atoms with van der Waals surface area (Å²) in [4.78, 5) is 5.79. The van der Waals surface area contributed by atoms with E-state index in [1.54, 1.807) is 0 Å². The first-order chi connectivity index (χ1) is 8.03. The predicted molar refractivity (Wildman–Crippen MR) is 52.2 cm³/mol. The summed E-state index contributed by atoms with van der Waals surface area (Å²) in [6.45, 7) is 3.80. The highest BCUT2D eigenvalue weighted by molar-refractivity contribution is 4.89. The first-order valence-corrected chi connectivity index (χ1v) is 5.34. The number of halogens is 3. The Morgan fingerprint density at radius 3 is 2.65 bits per heavy atom. The van der Waals surface area contributed by atoms with Gasteiger partial charge in [0, 0.05) is 26.2 Å². The van der Waals surface area contributed by atoms with E-state index in [4.69, 9.17) is 4.52 Å². The van der Waals surface area contributed by atoms with Crippen molar-refractivity contribution in [2.24, 2.45) is 0 Å². The summed E-state index contributed by atoms with van der Waals surface area (Å²) in [5.41, 5.74) is 0. The van der Waals surface area contributed by atoms with E-state index < -0.39 is 12.6 Å². The van der Waals surface area contributed by atoms with Crippen molar-refractivity contribution in [2.45, 2.75) is 19.1 Å². The molecule has 5 nitrogen and oxygen atoms in total. The minimum atomic E-state index is -4.30. The van der Waals surface area contributed by atoms with Gasteiger partial charge >= 0.3 is 6.18 Å². The standard InChI is InChI=1S/C9H13F3N4O/c10-9(11,12)5-7-14-8(17-15-7)6-16-3-1-13-2-4-16/h13H,1-6H2. The highest BCUT2D eigenvalue weighted by Gasteiger charge is 2.30. The van der Waals surface area contributed by atoms with E-state index in [2.05, 4.69) is 20.4 Å². The maximum absolute atomic E-state index is 12.1. The highest BCUT2D eigenvalue weighted by atomic mass is 19.4. The Hall–Kier alpha value is -1.15. The fourth-order valence-corrected chi connectivity index (χ4v) is 1.67. The number of piperazine rings is 1. The Morgan fingerprint density at radius 2 is 2.00 bits per heavy atom. The summed E-state index contributed by atoms with van der Waals surface area (Å²) in [6, 6.07) is 0. The molecule has 0 aromatic carbocycles. The first kappa shape index (κ1) is 12.3. The summed E-state index contributed by atoms with van der Waals surface area (Å²) >= 11 is 0. The summed E-state index contributed by atoms with van der Waals surface area (Å²) in [6.07, 6.45) is -5.44. The Kier molecular flexibility index (Phi) is 3.63. The molecule has 1 aromatic heterocycles. The van der Waals surface area contributed by atoms with Gasteiger partial charge in [-0.1, -0.05) is 5.16 Å². The lowest BCUT2D eigenvalue weighted by Gasteiger charge is -2.25. The molecule has 1 aliphatic rings. The Bertz CT molecular complexity index is 359. The van der Waals surface area contributed by atoms with E-state index in [0.29, 0.717) is 6.54 Å². The number of nitrogens with zero attached hydrogens (tertiary/aromatic N) is 3. The molecule has 0 spiro atoms. The van der Waals surface area contributed by atoms with Crippen LogP contribution in [0.15, 0.2) is 4.52 Å². The van der Waals surface area contributed by atoms with Crippen LogP contribution in [0.25, 0.3) is 0 Å². The van der Waals surface area contributed by atoms with Crippen LogP contribution in [0.2, 0.25) is 0 Å². The number of hydrogen-bond acceptors (Lipinski definition) is 5. The van der Waals surface area contributed by atoms with Gasteiger partial charge in [0.2, 0.25) is 5.89 Å². The summed E-state index contributed by atoms with van der Waals surface area (Å²) < 4.78 is 41.0. The second-order valence-corrected chi connectivity index (χ2v) is 3.92. The average Bonchev–Trinajstić information content (AvgIpc) is 2.64. The van der Waals surface area contributed by atoms with Crippen molar-refractivity contribution >= 4 is 0 Å². The zero-order valence-corrected chi connectivity index (χ0v) is 9.13. The molecular formula is C9H13F3N4O. The molecule has 1 aromatic rings. The van der Waals surface area contributed by atoms with Crippen LogP contribution in [-0.4, -0.2) is 47.4 Å². The lowest BCUT2D eigenvalue weighted by Crippen LogP contribution is -2.42. The van der Waals surface area contributed by atoms with Crippen LogP contribution in [-0.2, 0) is 13.0 Å².